The number of para-hydroxylation sites is 1. The van der Waals surface area contributed by atoms with E-state index < -0.39 is 18.0 Å². The van der Waals surface area contributed by atoms with Gasteiger partial charge >= 0.3 is 6.03 Å². The van der Waals surface area contributed by atoms with E-state index in [1.807, 2.05) is 54.6 Å². The molecule has 0 aliphatic carbocycles. The first-order valence-electron chi connectivity index (χ1n) is 9.78. The number of carbonyl (C=O) groups is 2. The molecule has 2 N–H and O–H groups in total. The van der Waals surface area contributed by atoms with E-state index in [-0.39, 0.29) is 11.6 Å². The Morgan fingerprint density at radius 1 is 1.03 bits per heavy atom. The minimum Gasteiger partial charge on any atom is -0.311 e. The van der Waals surface area contributed by atoms with Gasteiger partial charge in [0.1, 0.15) is 5.82 Å². The lowest BCUT2D eigenvalue weighted by Crippen LogP contribution is -2.47. The number of carbonyl (C=O) groups excluding carboxylic acids is 2. The Balaban J connectivity index is 1.67. The first kappa shape index (κ1) is 20.3. The standard InChI is InChI=1S/C24H21FN4O2/c1-15-12-13-17(14-19(15)25)26-24(31)28-22-23(30)29(2)20-11-7-6-10-18(20)21(27-22)16-8-4-3-5-9-16/h3-14,22H,1-2H3,(H2,26,28,31)/t22-/m1/s1. The summed E-state index contributed by atoms with van der Waals surface area (Å²) >= 11 is 0. The van der Waals surface area contributed by atoms with E-state index in [9.17, 15) is 14.0 Å². The molecule has 156 valence electrons. The molecule has 0 fully saturated rings. The van der Waals surface area contributed by atoms with Crippen molar-refractivity contribution in [3.8, 4) is 0 Å². The molecule has 0 saturated carbocycles. The van der Waals surface area contributed by atoms with Gasteiger partial charge in [-0.05, 0) is 30.7 Å². The van der Waals surface area contributed by atoms with Crippen LogP contribution < -0.4 is 15.5 Å². The molecule has 7 heteroatoms. The molecule has 1 heterocycles. The number of fused-ring (bicyclic) bond motifs is 1. The molecule has 1 aliphatic heterocycles. The number of urea groups is 1. The van der Waals surface area contributed by atoms with Crippen LogP contribution in [-0.4, -0.2) is 30.9 Å². The minimum atomic E-state index is -1.15. The third-order valence-corrected chi connectivity index (χ3v) is 5.09. The summed E-state index contributed by atoms with van der Waals surface area (Å²) in [7, 11) is 1.65. The summed E-state index contributed by atoms with van der Waals surface area (Å²) < 4.78 is 13.8. The number of nitrogens with one attached hydrogen (secondary N) is 2. The monoisotopic (exact) mass is 416 g/mol. The van der Waals surface area contributed by atoms with Crippen molar-refractivity contribution in [1.29, 1.82) is 0 Å². The molecular weight excluding hydrogens is 395 g/mol. The highest BCUT2D eigenvalue weighted by Gasteiger charge is 2.30. The van der Waals surface area contributed by atoms with Crippen LogP contribution in [0.4, 0.5) is 20.6 Å². The summed E-state index contributed by atoms with van der Waals surface area (Å²) in [6.45, 7) is 1.64. The highest BCUT2D eigenvalue weighted by atomic mass is 19.1. The second-order valence-electron chi connectivity index (χ2n) is 7.22. The van der Waals surface area contributed by atoms with Crippen molar-refractivity contribution < 1.29 is 14.0 Å². The number of aliphatic imine (C=N–C) groups is 1. The third kappa shape index (κ3) is 4.16. The van der Waals surface area contributed by atoms with E-state index in [1.165, 1.54) is 11.0 Å². The van der Waals surface area contributed by atoms with Gasteiger partial charge in [0.25, 0.3) is 5.91 Å². The Labute approximate surface area is 179 Å². The van der Waals surface area contributed by atoms with Gasteiger partial charge in [-0.15, -0.1) is 0 Å². The number of benzene rings is 3. The number of amides is 3. The molecule has 3 aromatic rings. The average Bonchev–Trinajstić information content (AvgIpc) is 2.88. The lowest BCUT2D eigenvalue weighted by molar-refractivity contribution is -0.119. The summed E-state index contributed by atoms with van der Waals surface area (Å²) in [5.74, 6) is -0.813. The van der Waals surface area contributed by atoms with E-state index in [2.05, 4.69) is 15.6 Å². The topological polar surface area (TPSA) is 73.8 Å². The zero-order valence-electron chi connectivity index (χ0n) is 17.1. The summed E-state index contributed by atoms with van der Waals surface area (Å²) in [4.78, 5) is 31.7. The molecule has 1 aliphatic rings. The van der Waals surface area contributed by atoms with Crippen molar-refractivity contribution in [2.24, 2.45) is 4.99 Å². The second kappa shape index (κ2) is 8.39. The van der Waals surface area contributed by atoms with Gasteiger partial charge in [-0.2, -0.15) is 0 Å². The fourth-order valence-electron chi connectivity index (χ4n) is 3.40. The SMILES string of the molecule is Cc1ccc(NC(=O)N[C@H]2N=C(c3ccccc3)c3ccccc3N(C)C2=O)cc1F. The van der Waals surface area contributed by atoms with Crippen LogP contribution in [0, 0.1) is 12.7 Å². The molecule has 0 aromatic heterocycles. The highest BCUT2D eigenvalue weighted by molar-refractivity contribution is 6.20. The van der Waals surface area contributed by atoms with Crippen LogP contribution in [-0.2, 0) is 4.79 Å². The van der Waals surface area contributed by atoms with Crippen LogP contribution in [0.25, 0.3) is 0 Å². The molecule has 0 bridgehead atoms. The van der Waals surface area contributed by atoms with Gasteiger partial charge in [0.05, 0.1) is 11.4 Å². The van der Waals surface area contributed by atoms with E-state index in [0.29, 0.717) is 17.0 Å². The molecule has 3 amide bonds. The Morgan fingerprint density at radius 2 is 1.74 bits per heavy atom. The molecule has 0 saturated heterocycles. The maximum atomic E-state index is 13.8. The predicted octanol–water partition coefficient (Wildman–Crippen LogP) is 4.10. The fraction of sp³-hybridized carbons (Fsp3) is 0.125. The van der Waals surface area contributed by atoms with E-state index in [4.69, 9.17) is 0 Å². The van der Waals surface area contributed by atoms with Gasteiger partial charge in [-0.1, -0.05) is 54.6 Å². The second-order valence-corrected chi connectivity index (χ2v) is 7.22. The van der Waals surface area contributed by atoms with Gasteiger partial charge in [0.15, 0.2) is 0 Å². The molecule has 0 spiro atoms. The molecule has 6 nitrogen and oxygen atoms in total. The van der Waals surface area contributed by atoms with Crippen LogP contribution in [0.5, 0.6) is 0 Å². The summed E-state index contributed by atoms with van der Waals surface area (Å²) in [6, 6.07) is 20.7. The average molecular weight is 416 g/mol. The van der Waals surface area contributed by atoms with E-state index in [0.717, 1.165) is 11.1 Å². The normalized spacial score (nSPS) is 15.6. The maximum Gasteiger partial charge on any atom is 0.321 e. The lowest BCUT2D eigenvalue weighted by atomic mass is 10.0. The molecule has 0 radical (unpaired) electrons. The summed E-state index contributed by atoms with van der Waals surface area (Å²) in [5.41, 5.74) is 3.66. The van der Waals surface area contributed by atoms with Crippen molar-refractivity contribution in [2.75, 3.05) is 17.3 Å². The number of halogens is 1. The van der Waals surface area contributed by atoms with Crippen LogP contribution in [0.2, 0.25) is 0 Å². The molecule has 1 atom stereocenters. The minimum absolute atomic E-state index is 0.283. The van der Waals surface area contributed by atoms with Crippen molar-refractivity contribution in [3.63, 3.8) is 0 Å². The predicted molar refractivity (Wildman–Crippen MR) is 119 cm³/mol. The van der Waals surface area contributed by atoms with Crippen molar-refractivity contribution in [1.82, 2.24) is 5.32 Å². The first-order chi connectivity index (χ1) is 14.9. The van der Waals surface area contributed by atoms with Gasteiger partial charge in [-0.3, -0.25) is 4.79 Å². The Kier molecular flexibility index (Phi) is 5.49. The number of likely N-dealkylation sites (N-methyl/N-ethyl adjacent to an activating group) is 1. The molecule has 31 heavy (non-hydrogen) atoms. The fourth-order valence-corrected chi connectivity index (χ4v) is 3.40. The number of nitrogens with zero attached hydrogens (tertiary/aromatic N) is 2. The lowest BCUT2D eigenvalue weighted by Gasteiger charge is -2.21. The Morgan fingerprint density at radius 3 is 2.48 bits per heavy atom. The van der Waals surface area contributed by atoms with Crippen LogP contribution in [0.15, 0.2) is 77.8 Å². The van der Waals surface area contributed by atoms with Crippen LogP contribution in [0.1, 0.15) is 16.7 Å². The Bertz CT molecular complexity index is 1180. The van der Waals surface area contributed by atoms with E-state index in [1.54, 1.807) is 26.1 Å². The van der Waals surface area contributed by atoms with Crippen LogP contribution >= 0.6 is 0 Å². The van der Waals surface area contributed by atoms with Gasteiger partial charge in [0.2, 0.25) is 6.17 Å². The largest absolute Gasteiger partial charge is 0.321 e. The zero-order chi connectivity index (χ0) is 22.0. The van der Waals surface area contributed by atoms with E-state index >= 15 is 0 Å². The molecular formula is C24H21FN4O2. The Hall–Kier alpha value is -4.00. The maximum absolute atomic E-state index is 13.8. The number of hydrogen-bond donors (Lipinski definition) is 2. The van der Waals surface area contributed by atoms with Gasteiger partial charge in [-0.25, -0.2) is 14.2 Å². The van der Waals surface area contributed by atoms with Crippen molar-refractivity contribution in [3.05, 3.63) is 95.3 Å². The quantitative estimate of drug-likeness (QED) is 0.675. The number of rotatable bonds is 3. The number of aryl methyl sites for hydroxylation is 1. The zero-order valence-corrected chi connectivity index (χ0v) is 17.1. The molecule has 3 aromatic carbocycles. The summed E-state index contributed by atoms with van der Waals surface area (Å²) in [6.07, 6.45) is -1.15. The highest BCUT2D eigenvalue weighted by Crippen LogP contribution is 2.27. The molecule has 4 rings (SSSR count). The van der Waals surface area contributed by atoms with Gasteiger partial charge < -0.3 is 15.5 Å². The number of anilines is 2. The van der Waals surface area contributed by atoms with Crippen molar-refractivity contribution in [2.45, 2.75) is 13.1 Å². The van der Waals surface area contributed by atoms with Gasteiger partial charge in [0, 0.05) is 23.9 Å². The third-order valence-electron chi connectivity index (χ3n) is 5.09. The van der Waals surface area contributed by atoms with Crippen LogP contribution in [0.3, 0.4) is 0 Å². The number of benzodiazepines with no additional fused rings is 1. The number of hydrogen-bond acceptors (Lipinski definition) is 3. The smallest absolute Gasteiger partial charge is 0.311 e. The first-order valence-corrected chi connectivity index (χ1v) is 9.78. The molecule has 0 unspecified atom stereocenters. The summed E-state index contributed by atoms with van der Waals surface area (Å²) in [5, 5.41) is 5.16. The van der Waals surface area contributed by atoms with Crippen molar-refractivity contribution >= 4 is 29.0 Å².